The first-order chi connectivity index (χ1) is 11.4. The molecule has 5 heteroatoms. The van der Waals surface area contributed by atoms with Gasteiger partial charge in [0.2, 0.25) is 11.8 Å². The van der Waals surface area contributed by atoms with Crippen molar-refractivity contribution < 1.29 is 9.59 Å². The summed E-state index contributed by atoms with van der Waals surface area (Å²) in [6.45, 7) is 12.7. The van der Waals surface area contributed by atoms with Gasteiger partial charge in [0.25, 0.3) is 0 Å². The summed E-state index contributed by atoms with van der Waals surface area (Å²) in [7, 11) is 0. The number of carbonyl (C=O) groups is 2. The van der Waals surface area contributed by atoms with Crippen LogP contribution in [0.15, 0.2) is 18.2 Å². The van der Waals surface area contributed by atoms with E-state index in [1.165, 1.54) is 5.56 Å². The lowest BCUT2D eigenvalue weighted by Gasteiger charge is -2.34. The molecule has 5 nitrogen and oxygen atoms in total. The van der Waals surface area contributed by atoms with Crippen molar-refractivity contribution in [3.63, 3.8) is 0 Å². The maximum absolute atomic E-state index is 12.4. The minimum absolute atomic E-state index is 0.0261. The average Bonchev–Trinajstić information content (AvgIpc) is 2.57. The summed E-state index contributed by atoms with van der Waals surface area (Å²) in [6, 6.07) is 5.99. The fraction of sp³-hybridized carbons (Fsp3) is 0.579. The number of hydrogen-bond donors (Lipinski definition) is 0. The Bertz CT molecular complexity index is 592. The number of piperazine rings is 1. The lowest BCUT2D eigenvalue weighted by atomic mass is 10.1. The van der Waals surface area contributed by atoms with Crippen LogP contribution in [0.5, 0.6) is 0 Å². The van der Waals surface area contributed by atoms with Gasteiger partial charge in [0.1, 0.15) is 0 Å². The summed E-state index contributed by atoms with van der Waals surface area (Å²) in [4.78, 5) is 30.4. The van der Waals surface area contributed by atoms with Crippen LogP contribution >= 0.6 is 0 Å². The van der Waals surface area contributed by atoms with Crippen LogP contribution in [0.4, 0.5) is 5.69 Å². The number of nitrogens with zero attached hydrogens (tertiary/aromatic N) is 3. The molecule has 0 N–H and O–H groups in total. The van der Waals surface area contributed by atoms with Crippen molar-refractivity contribution in [2.75, 3.05) is 44.2 Å². The van der Waals surface area contributed by atoms with E-state index in [0.29, 0.717) is 13.0 Å². The fourth-order valence-electron chi connectivity index (χ4n) is 3.04. The number of amides is 2. The van der Waals surface area contributed by atoms with E-state index < -0.39 is 0 Å². The number of likely N-dealkylation sites (N-methyl/N-ethyl adjacent to an activating group) is 1. The number of anilines is 1. The Morgan fingerprint density at radius 3 is 2.29 bits per heavy atom. The van der Waals surface area contributed by atoms with Crippen molar-refractivity contribution in [2.45, 2.75) is 34.1 Å². The predicted octanol–water partition coefficient (Wildman–Crippen LogP) is 2.21. The molecule has 0 bridgehead atoms. The Balaban J connectivity index is 1.95. The molecule has 24 heavy (non-hydrogen) atoms. The molecular weight excluding hydrogens is 302 g/mol. The summed E-state index contributed by atoms with van der Waals surface area (Å²) in [5, 5.41) is 0. The standard InChI is InChI=1S/C19H29N3O2/c1-5-20-10-12-21(13-11-20)19(24)8-9-22(17(4)23)18-7-6-15(2)16(3)14-18/h6-7,14H,5,8-13H2,1-4H3. The summed E-state index contributed by atoms with van der Waals surface area (Å²) in [5.41, 5.74) is 3.22. The quantitative estimate of drug-likeness (QED) is 0.831. The SMILES string of the molecule is CCN1CCN(C(=O)CCN(C(C)=O)c2ccc(C)c(C)c2)CC1. The molecule has 0 atom stereocenters. The third-order valence-corrected chi connectivity index (χ3v) is 4.90. The molecule has 0 aliphatic carbocycles. The maximum Gasteiger partial charge on any atom is 0.224 e. The molecule has 1 aromatic rings. The van der Waals surface area contributed by atoms with Gasteiger partial charge in [0, 0.05) is 51.8 Å². The molecule has 1 aliphatic heterocycles. The highest BCUT2D eigenvalue weighted by Gasteiger charge is 2.21. The normalized spacial score (nSPS) is 15.4. The first-order valence-corrected chi connectivity index (χ1v) is 8.78. The van der Waals surface area contributed by atoms with Crippen LogP contribution < -0.4 is 4.90 Å². The second kappa shape index (κ2) is 8.29. The minimum atomic E-state index is -0.0261. The second-order valence-electron chi connectivity index (χ2n) is 6.50. The molecule has 0 spiro atoms. The van der Waals surface area contributed by atoms with E-state index in [2.05, 4.69) is 18.7 Å². The van der Waals surface area contributed by atoms with Crippen LogP contribution in [0.2, 0.25) is 0 Å². The molecule has 0 unspecified atom stereocenters. The molecule has 0 saturated carbocycles. The van der Waals surface area contributed by atoms with E-state index in [4.69, 9.17) is 0 Å². The van der Waals surface area contributed by atoms with E-state index in [0.717, 1.165) is 44.0 Å². The molecule has 2 amide bonds. The highest BCUT2D eigenvalue weighted by Crippen LogP contribution is 2.19. The highest BCUT2D eigenvalue weighted by molar-refractivity contribution is 5.92. The number of aryl methyl sites for hydroxylation is 2. The van der Waals surface area contributed by atoms with Gasteiger partial charge >= 0.3 is 0 Å². The van der Waals surface area contributed by atoms with Gasteiger partial charge in [0.15, 0.2) is 0 Å². The lowest BCUT2D eigenvalue weighted by molar-refractivity contribution is -0.132. The van der Waals surface area contributed by atoms with Gasteiger partial charge in [-0.3, -0.25) is 9.59 Å². The van der Waals surface area contributed by atoms with Crippen molar-refractivity contribution in [1.82, 2.24) is 9.80 Å². The molecule has 1 heterocycles. The molecule has 132 valence electrons. The third kappa shape index (κ3) is 4.57. The predicted molar refractivity (Wildman–Crippen MR) is 97.3 cm³/mol. The van der Waals surface area contributed by atoms with Crippen molar-refractivity contribution >= 4 is 17.5 Å². The number of carbonyl (C=O) groups excluding carboxylic acids is 2. The van der Waals surface area contributed by atoms with Crippen LogP contribution in [0.25, 0.3) is 0 Å². The lowest BCUT2D eigenvalue weighted by Crippen LogP contribution is -2.49. The minimum Gasteiger partial charge on any atom is -0.340 e. The van der Waals surface area contributed by atoms with Gasteiger partial charge in [-0.25, -0.2) is 0 Å². The van der Waals surface area contributed by atoms with Gasteiger partial charge in [-0.1, -0.05) is 13.0 Å². The molecule has 2 rings (SSSR count). The molecule has 1 saturated heterocycles. The largest absolute Gasteiger partial charge is 0.340 e. The number of rotatable bonds is 5. The molecule has 1 aromatic carbocycles. The van der Waals surface area contributed by atoms with Crippen LogP contribution in [0, 0.1) is 13.8 Å². The Labute approximate surface area is 145 Å². The Kier molecular flexibility index (Phi) is 6.37. The van der Waals surface area contributed by atoms with Crippen molar-refractivity contribution in [3.05, 3.63) is 29.3 Å². The highest BCUT2D eigenvalue weighted by atomic mass is 16.2. The van der Waals surface area contributed by atoms with Crippen LogP contribution in [0.1, 0.15) is 31.4 Å². The van der Waals surface area contributed by atoms with E-state index in [9.17, 15) is 9.59 Å². The Hall–Kier alpha value is -1.88. The summed E-state index contributed by atoms with van der Waals surface area (Å²) in [6.07, 6.45) is 0.374. The van der Waals surface area contributed by atoms with Crippen LogP contribution in [-0.2, 0) is 9.59 Å². The zero-order valence-electron chi connectivity index (χ0n) is 15.3. The van der Waals surface area contributed by atoms with E-state index in [-0.39, 0.29) is 11.8 Å². The van der Waals surface area contributed by atoms with Crippen LogP contribution in [0.3, 0.4) is 0 Å². The van der Waals surface area contributed by atoms with E-state index >= 15 is 0 Å². The molecular formula is C19H29N3O2. The first-order valence-electron chi connectivity index (χ1n) is 8.78. The van der Waals surface area contributed by atoms with Crippen molar-refractivity contribution in [2.24, 2.45) is 0 Å². The summed E-state index contributed by atoms with van der Waals surface area (Å²) < 4.78 is 0. The second-order valence-corrected chi connectivity index (χ2v) is 6.50. The number of benzene rings is 1. The average molecular weight is 331 g/mol. The Morgan fingerprint density at radius 2 is 1.75 bits per heavy atom. The van der Waals surface area contributed by atoms with E-state index in [1.807, 2.05) is 30.0 Å². The van der Waals surface area contributed by atoms with Gasteiger partial charge in [-0.2, -0.15) is 0 Å². The molecule has 0 aromatic heterocycles. The van der Waals surface area contributed by atoms with Crippen molar-refractivity contribution in [1.29, 1.82) is 0 Å². The smallest absolute Gasteiger partial charge is 0.224 e. The topological polar surface area (TPSA) is 43.9 Å². The monoisotopic (exact) mass is 331 g/mol. The van der Waals surface area contributed by atoms with Crippen molar-refractivity contribution in [3.8, 4) is 0 Å². The zero-order valence-corrected chi connectivity index (χ0v) is 15.3. The third-order valence-electron chi connectivity index (χ3n) is 4.90. The van der Waals surface area contributed by atoms with Gasteiger partial charge in [0.05, 0.1) is 0 Å². The van der Waals surface area contributed by atoms with Crippen LogP contribution in [-0.4, -0.2) is 60.9 Å². The fourth-order valence-corrected chi connectivity index (χ4v) is 3.04. The summed E-state index contributed by atoms with van der Waals surface area (Å²) >= 11 is 0. The first kappa shape index (κ1) is 18.5. The molecule has 0 radical (unpaired) electrons. The summed E-state index contributed by atoms with van der Waals surface area (Å²) in [5.74, 6) is 0.114. The Morgan fingerprint density at radius 1 is 1.08 bits per heavy atom. The van der Waals surface area contributed by atoms with E-state index in [1.54, 1.807) is 11.8 Å². The van der Waals surface area contributed by atoms with Gasteiger partial charge in [-0.05, 0) is 43.7 Å². The number of hydrogen-bond acceptors (Lipinski definition) is 3. The zero-order chi connectivity index (χ0) is 17.7. The molecule has 1 fully saturated rings. The van der Waals surface area contributed by atoms with Gasteiger partial charge < -0.3 is 14.7 Å². The molecule has 1 aliphatic rings. The maximum atomic E-state index is 12.4. The van der Waals surface area contributed by atoms with Gasteiger partial charge in [-0.15, -0.1) is 0 Å².